The number of fused-ring (bicyclic) bond motifs is 1. The summed E-state index contributed by atoms with van der Waals surface area (Å²) in [7, 11) is 0. The van der Waals surface area contributed by atoms with E-state index < -0.39 is 0 Å². The minimum Gasteiger partial charge on any atom is -0.348 e. The highest BCUT2D eigenvalue weighted by Gasteiger charge is 2.22. The van der Waals surface area contributed by atoms with Crippen LogP contribution in [0.2, 0.25) is 0 Å². The maximum Gasteiger partial charge on any atom is 0.259 e. The third-order valence-corrected chi connectivity index (χ3v) is 4.11. The Labute approximate surface area is 129 Å². The molecule has 0 saturated carbocycles. The van der Waals surface area contributed by atoms with Gasteiger partial charge in [0.2, 0.25) is 0 Å². The molecule has 2 aromatic rings. The molecular weight excluding hydrogens is 280 g/mol. The number of aromatic nitrogens is 2. The van der Waals surface area contributed by atoms with Gasteiger partial charge in [0.05, 0.1) is 16.6 Å². The Kier molecular flexibility index (Phi) is 4.11. The van der Waals surface area contributed by atoms with Crippen molar-refractivity contribution in [3.8, 4) is 0 Å². The van der Waals surface area contributed by atoms with Gasteiger partial charge >= 0.3 is 0 Å². The van der Waals surface area contributed by atoms with E-state index in [0.717, 1.165) is 31.6 Å². The first-order valence-electron chi connectivity index (χ1n) is 7.84. The van der Waals surface area contributed by atoms with Crippen LogP contribution in [-0.2, 0) is 0 Å². The van der Waals surface area contributed by atoms with Gasteiger partial charge in [0.15, 0.2) is 0 Å². The molecule has 6 nitrogen and oxygen atoms in total. The van der Waals surface area contributed by atoms with Gasteiger partial charge in [-0.1, -0.05) is 19.0 Å². The van der Waals surface area contributed by atoms with Crippen LogP contribution in [0, 0.1) is 6.92 Å². The number of hydrogen-bond acceptors (Lipinski definition) is 5. The summed E-state index contributed by atoms with van der Waals surface area (Å²) in [4.78, 5) is 17.2. The second kappa shape index (κ2) is 6.04. The number of aryl methyl sites for hydroxylation is 1. The summed E-state index contributed by atoms with van der Waals surface area (Å²) >= 11 is 0. The first-order valence-corrected chi connectivity index (χ1v) is 7.84. The summed E-state index contributed by atoms with van der Waals surface area (Å²) in [6, 6.07) is 2.04. The molecule has 1 aliphatic rings. The van der Waals surface area contributed by atoms with Crippen LogP contribution in [0.15, 0.2) is 10.6 Å². The normalized spacial score (nSPS) is 18.8. The maximum absolute atomic E-state index is 12.7. The smallest absolute Gasteiger partial charge is 0.259 e. The Morgan fingerprint density at radius 1 is 1.50 bits per heavy atom. The molecule has 2 N–H and O–H groups in total. The van der Waals surface area contributed by atoms with E-state index in [-0.39, 0.29) is 17.9 Å². The fourth-order valence-electron chi connectivity index (χ4n) is 2.83. The number of hydrogen-bond donors (Lipinski definition) is 2. The Morgan fingerprint density at radius 2 is 2.32 bits per heavy atom. The second-order valence-corrected chi connectivity index (χ2v) is 6.21. The van der Waals surface area contributed by atoms with E-state index in [2.05, 4.69) is 20.8 Å². The molecule has 3 heterocycles. The standard InChI is InChI=1S/C16H22N4O2/c1-9(2)13-7-12(14-10(3)20-22-16(14)19-13)15(21)18-11-5-4-6-17-8-11/h7,9,11,17H,4-6,8H2,1-3H3,(H,18,21)/t11-/m0/s1. The van der Waals surface area contributed by atoms with Gasteiger partial charge in [-0.05, 0) is 38.3 Å². The van der Waals surface area contributed by atoms with E-state index in [1.165, 1.54) is 0 Å². The molecular formula is C16H22N4O2. The maximum atomic E-state index is 12.7. The molecule has 0 aliphatic carbocycles. The van der Waals surface area contributed by atoms with Crippen LogP contribution in [0.5, 0.6) is 0 Å². The summed E-state index contributed by atoms with van der Waals surface area (Å²) in [5.41, 5.74) is 2.59. The molecule has 1 aliphatic heterocycles. The van der Waals surface area contributed by atoms with Crippen molar-refractivity contribution in [3.05, 3.63) is 23.0 Å². The van der Waals surface area contributed by atoms with Gasteiger partial charge in [-0.2, -0.15) is 0 Å². The molecule has 2 aromatic heterocycles. The lowest BCUT2D eigenvalue weighted by Gasteiger charge is -2.24. The summed E-state index contributed by atoms with van der Waals surface area (Å²) in [6.45, 7) is 7.77. The Bertz CT molecular complexity index is 687. The van der Waals surface area contributed by atoms with Crippen LogP contribution in [0.3, 0.4) is 0 Å². The lowest BCUT2D eigenvalue weighted by Crippen LogP contribution is -2.45. The Morgan fingerprint density at radius 3 is 3.00 bits per heavy atom. The van der Waals surface area contributed by atoms with Crippen molar-refractivity contribution in [2.24, 2.45) is 0 Å². The quantitative estimate of drug-likeness (QED) is 0.908. The number of piperidine rings is 1. The largest absolute Gasteiger partial charge is 0.348 e. The van der Waals surface area contributed by atoms with Crippen molar-refractivity contribution in [3.63, 3.8) is 0 Å². The summed E-state index contributed by atoms with van der Waals surface area (Å²) in [5.74, 6) is 0.145. The van der Waals surface area contributed by atoms with Crippen LogP contribution >= 0.6 is 0 Å². The van der Waals surface area contributed by atoms with E-state index in [1.54, 1.807) is 0 Å². The molecule has 0 spiro atoms. The number of rotatable bonds is 3. The Balaban J connectivity index is 1.96. The number of carbonyl (C=O) groups excluding carboxylic acids is 1. The lowest BCUT2D eigenvalue weighted by atomic mass is 10.0. The highest BCUT2D eigenvalue weighted by atomic mass is 16.5. The van der Waals surface area contributed by atoms with E-state index in [9.17, 15) is 4.79 Å². The molecule has 118 valence electrons. The topological polar surface area (TPSA) is 80.0 Å². The number of carbonyl (C=O) groups is 1. The van der Waals surface area contributed by atoms with Gasteiger partial charge in [0.25, 0.3) is 11.6 Å². The van der Waals surface area contributed by atoms with Gasteiger partial charge < -0.3 is 15.2 Å². The lowest BCUT2D eigenvalue weighted by molar-refractivity contribution is 0.0932. The number of nitrogens with zero attached hydrogens (tertiary/aromatic N) is 2. The molecule has 1 fully saturated rings. The molecule has 6 heteroatoms. The van der Waals surface area contributed by atoms with Crippen molar-refractivity contribution in [2.75, 3.05) is 13.1 Å². The van der Waals surface area contributed by atoms with Crippen molar-refractivity contribution in [1.82, 2.24) is 20.8 Å². The number of pyridine rings is 1. The van der Waals surface area contributed by atoms with Crippen molar-refractivity contribution >= 4 is 17.0 Å². The third kappa shape index (κ3) is 2.83. The van der Waals surface area contributed by atoms with Gasteiger partial charge in [-0.3, -0.25) is 4.79 Å². The number of amides is 1. The van der Waals surface area contributed by atoms with E-state index in [0.29, 0.717) is 22.4 Å². The van der Waals surface area contributed by atoms with Crippen LogP contribution in [0.4, 0.5) is 0 Å². The average molecular weight is 302 g/mol. The third-order valence-electron chi connectivity index (χ3n) is 4.11. The Hall–Kier alpha value is -1.95. The molecule has 22 heavy (non-hydrogen) atoms. The zero-order chi connectivity index (χ0) is 15.7. The molecule has 0 aromatic carbocycles. The first-order chi connectivity index (χ1) is 10.6. The highest BCUT2D eigenvalue weighted by molar-refractivity contribution is 6.06. The van der Waals surface area contributed by atoms with Gasteiger partial charge in [0.1, 0.15) is 0 Å². The van der Waals surface area contributed by atoms with E-state index >= 15 is 0 Å². The van der Waals surface area contributed by atoms with Crippen molar-refractivity contribution in [1.29, 1.82) is 0 Å². The minimum absolute atomic E-state index is 0.0747. The van der Waals surface area contributed by atoms with E-state index in [4.69, 9.17) is 4.52 Å². The summed E-state index contributed by atoms with van der Waals surface area (Å²) < 4.78 is 5.27. The van der Waals surface area contributed by atoms with Crippen LogP contribution in [0.25, 0.3) is 11.1 Å². The van der Waals surface area contributed by atoms with Crippen LogP contribution in [0.1, 0.15) is 54.4 Å². The summed E-state index contributed by atoms with van der Waals surface area (Å²) in [6.07, 6.45) is 2.09. The molecule has 1 amide bonds. The van der Waals surface area contributed by atoms with Gasteiger partial charge in [0, 0.05) is 18.3 Å². The highest BCUT2D eigenvalue weighted by Crippen LogP contribution is 2.25. The van der Waals surface area contributed by atoms with Crippen LogP contribution < -0.4 is 10.6 Å². The molecule has 0 bridgehead atoms. The first kappa shape index (κ1) is 15.0. The van der Waals surface area contributed by atoms with Crippen LogP contribution in [-0.4, -0.2) is 35.2 Å². The molecule has 0 unspecified atom stereocenters. The molecule has 0 radical (unpaired) electrons. The van der Waals surface area contributed by atoms with Gasteiger partial charge in [-0.25, -0.2) is 4.98 Å². The van der Waals surface area contributed by atoms with Gasteiger partial charge in [-0.15, -0.1) is 0 Å². The molecule has 1 atom stereocenters. The second-order valence-electron chi connectivity index (χ2n) is 6.21. The minimum atomic E-state index is -0.0747. The zero-order valence-electron chi connectivity index (χ0n) is 13.3. The fourth-order valence-corrected chi connectivity index (χ4v) is 2.83. The molecule has 1 saturated heterocycles. The van der Waals surface area contributed by atoms with Crippen molar-refractivity contribution < 1.29 is 9.32 Å². The van der Waals surface area contributed by atoms with E-state index in [1.807, 2.05) is 26.8 Å². The number of nitrogens with one attached hydrogen (secondary N) is 2. The fraction of sp³-hybridized carbons (Fsp3) is 0.562. The predicted molar refractivity (Wildman–Crippen MR) is 84.0 cm³/mol. The van der Waals surface area contributed by atoms with Crippen molar-refractivity contribution in [2.45, 2.75) is 45.6 Å². The summed E-state index contributed by atoms with van der Waals surface area (Å²) in [5, 5.41) is 11.1. The molecule has 3 rings (SSSR count). The monoisotopic (exact) mass is 302 g/mol. The average Bonchev–Trinajstić information content (AvgIpc) is 2.89. The predicted octanol–water partition coefficient (Wildman–Crippen LogP) is 2.14. The SMILES string of the molecule is Cc1noc2nc(C(C)C)cc(C(=O)N[C@H]3CCCNC3)c12. The zero-order valence-corrected chi connectivity index (χ0v) is 13.3.